The Morgan fingerprint density at radius 2 is 2.10 bits per heavy atom. The maximum atomic E-state index is 13.6. The van der Waals surface area contributed by atoms with Crippen LogP contribution in [-0.2, 0) is 11.2 Å². The highest BCUT2D eigenvalue weighted by Gasteiger charge is 2.22. The molecular formula is C15H21ClF2N2O. The molecule has 118 valence electrons. The molecule has 0 bridgehead atoms. The predicted octanol–water partition coefficient (Wildman–Crippen LogP) is 2.53. The molecule has 1 aromatic rings. The van der Waals surface area contributed by atoms with E-state index in [4.69, 9.17) is 0 Å². The van der Waals surface area contributed by atoms with Gasteiger partial charge in [0.2, 0.25) is 5.91 Å². The van der Waals surface area contributed by atoms with Crippen molar-refractivity contribution >= 4 is 18.3 Å². The minimum atomic E-state index is -0.920. The summed E-state index contributed by atoms with van der Waals surface area (Å²) in [6, 6.07) is 4.12. The highest BCUT2D eigenvalue weighted by atomic mass is 35.5. The van der Waals surface area contributed by atoms with E-state index < -0.39 is 11.6 Å². The second-order valence-corrected chi connectivity index (χ2v) is 5.23. The summed E-state index contributed by atoms with van der Waals surface area (Å²) in [6.07, 6.45) is 2.77. The Morgan fingerprint density at radius 1 is 1.33 bits per heavy atom. The summed E-state index contributed by atoms with van der Waals surface area (Å²) >= 11 is 0. The zero-order chi connectivity index (χ0) is 14.5. The zero-order valence-electron chi connectivity index (χ0n) is 12.1. The van der Waals surface area contributed by atoms with Crippen molar-refractivity contribution in [3.05, 3.63) is 35.4 Å². The van der Waals surface area contributed by atoms with Gasteiger partial charge in [-0.3, -0.25) is 4.79 Å². The molecule has 1 unspecified atom stereocenters. The van der Waals surface area contributed by atoms with E-state index in [9.17, 15) is 13.6 Å². The lowest BCUT2D eigenvalue weighted by Gasteiger charge is -2.27. The molecule has 1 N–H and O–H groups in total. The van der Waals surface area contributed by atoms with Crippen LogP contribution in [0.5, 0.6) is 0 Å². The summed E-state index contributed by atoms with van der Waals surface area (Å²) in [4.78, 5) is 13.9. The Morgan fingerprint density at radius 3 is 2.86 bits per heavy atom. The molecule has 0 aliphatic carbocycles. The maximum Gasteiger partial charge on any atom is 0.227 e. The second kappa shape index (κ2) is 8.29. The van der Waals surface area contributed by atoms with Crippen LogP contribution in [0.25, 0.3) is 0 Å². The number of benzene rings is 1. The monoisotopic (exact) mass is 318 g/mol. The van der Waals surface area contributed by atoms with Gasteiger partial charge >= 0.3 is 0 Å². The summed E-state index contributed by atoms with van der Waals surface area (Å²) in [5.41, 5.74) is 0.119. The molecule has 1 atom stereocenters. The predicted molar refractivity (Wildman–Crippen MR) is 80.6 cm³/mol. The van der Waals surface area contributed by atoms with Crippen LogP contribution in [0.1, 0.15) is 24.8 Å². The zero-order valence-corrected chi connectivity index (χ0v) is 12.9. The number of amides is 1. The quantitative estimate of drug-likeness (QED) is 0.929. The number of halogens is 3. The Hall–Kier alpha value is -1.20. The Balaban J connectivity index is 0.00000220. The van der Waals surface area contributed by atoms with Gasteiger partial charge in [0.1, 0.15) is 0 Å². The molecule has 0 saturated carbocycles. The number of rotatable bonds is 3. The van der Waals surface area contributed by atoms with Crippen LogP contribution in [0, 0.1) is 11.6 Å². The minimum absolute atomic E-state index is 0. The molecule has 6 heteroatoms. The lowest BCUT2D eigenvalue weighted by atomic mass is 10.1. The fraction of sp³-hybridized carbons (Fsp3) is 0.533. The number of likely N-dealkylation sites (N-methyl/N-ethyl adjacent to an activating group) is 1. The SMILES string of the molecule is CN(C(=O)Cc1cccc(F)c1F)C1CCCNCC1.Cl. The lowest BCUT2D eigenvalue weighted by Crippen LogP contribution is -2.38. The number of carbonyl (C=O) groups excluding carboxylic acids is 1. The molecule has 1 fully saturated rings. The molecule has 1 saturated heterocycles. The molecule has 1 aromatic carbocycles. The standard InChI is InChI=1S/C15H20F2N2O.ClH/c1-19(12-5-3-8-18-9-7-12)14(20)10-11-4-2-6-13(16)15(11)17;/h2,4,6,12,18H,3,5,7-10H2,1H3;1H. The topological polar surface area (TPSA) is 32.3 Å². The van der Waals surface area contributed by atoms with Gasteiger partial charge in [-0.05, 0) is 38.4 Å². The second-order valence-electron chi connectivity index (χ2n) is 5.23. The minimum Gasteiger partial charge on any atom is -0.342 e. The third kappa shape index (κ3) is 4.64. The van der Waals surface area contributed by atoms with E-state index in [1.165, 1.54) is 12.1 Å². The molecule has 1 amide bonds. The number of hydrogen-bond acceptors (Lipinski definition) is 2. The Bertz CT molecular complexity index is 477. The van der Waals surface area contributed by atoms with Crippen molar-refractivity contribution in [3.63, 3.8) is 0 Å². The molecule has 0 radical (unpaired) electrons. The van der Waals surface area contributed by atoms with Crippen LogP contribution < -0.4 is 5.32 Å². The summed E-state index contributed by atoms with van der Waals surface area (Å²) < 4.78 is 26.7. The van der Waals surface area contributed by atoms with E-state index in [2.05, 4.69) is 5.32 Å². The third-order valence-electron chi connectivity index (χ3n) is 3.86. The van der Waals surface area contributed by atoms with Crippen LogP contribution >= 0.6 is 12.4 Å². The molecular weight excluding hydrogens is 298 g/mol. The van der Waals surface area contributed by atoms with Gasteiger partial charge in [-0.2, -0.15) is 0 Å². The average molecular weight is 319 g/mol. The van der Waals surface area contributed by atoms with Crippen LogP contribution in [0.3, 0.4) is 0 Å². The third-order valence-corrected chi connectivity index (χ3v) is 3.86. The molecule has 21 heavy (non-hydrogen) atoms. The fourth-order valence-corrected chi connectivity index (χ4v) is 2.56. The largest absolute Gasteiger partial charge is 0.342 e. The molecule has 1 heterocycles. The van der Waals surface area contributed by atoms with Crippen molar-refractivity contribution in [1.29, 1.82) is 0 Å². The highest BCUT2D eigenvalue weighted by Crippen LogP contribution is 2.16. The van der Waals surface area contributed by atoms with Crippen molar-refractivity contribution in [2.45, 2.75) is 31.7 Å². The first-order chi connectivity index (χ1) is 9.59. The summed E-state index contributed by atoms with van der Waals surface area (Å²) in [5.74, 6) is -1.99. The van der Waals surface area contributed by atoms with Gasteiger partial charge in [-0.15, -0.1) is 12.4 Å². The molecule has 1 aliphatic rings. The molecule has 2 rings (SSSR count). The number of hydrogen-bond donors (Lipinski definition) is 1. The van der Waals surface area contributed by atoms with Crippen molar-refractivity contribution < 1.29 is 13.6 Å². The van der Waals surface area contributed by atoms with E-state index in [-0.39, 0.29) is 36.3 Å². The molecule has 1 aliphatic heterocycles. The van der Waals surface area contributed by atoms with Crippen molar-refractivity contribution in [2.24, 2.45) is 0 Å². The summed E-state index contributed by atoms with van der Waals surface area (Å²) in [7, 11) is 1.75. The summed E-state index contributed by atoms with van der Waals surface area (Å²) in [5, 5.41) is 3.29. The first-order valence-corrected chi connectivity index (χ1v) is 6.99. The van der Waals surface area contributed by atoms with Gasteiger partial charge in [0.25, 0.3) is 0 Å². The highest BCUT2D eigenvalue weighted by molar-refractivity contribution is 5.85. The van der Waals surface area contributed by atoms with E-state index in [0.29, 0.717) is 0 Å². The van der Waals surface area contributed by atoms with E-state index >= 15 is 0 Å². The van der Waals surface area contributed by atoms with Gasteiger partial charge in [0.15, 0.2) is 11.6 Å². The van der Waals surface area contributed by atoms with Crippen LogP contribution in [0.2, 0.25) is 0 Å². The van der Waals surface area contributed by atoms with Gasteiger partial charge in [-0.1, -0.05) is 12.1 Å². The van der Waals surface area contributed by atoms with Crippen LogP contribution in [0.4, 0.5) is 8.78 Å². The van der Waals surface area contributed by atoms with E-state index in [1.54, 1.807) is 11.9 Å². The smallest absolute Gasteiger partial charge is 0.227 e. The Kier molecular flexibility index (Phi) is 7.05. The van der Waals surface area contributed by atoms with Gasteiger partial charge in [0, 0.05) is 18.7 Å². The number of carbonyl (C=O) groups is 1. The molecule has 3 nitrogen and oxygen atoms in total. The Labute approximate surface area is 130 Å². The van der Waals surface area contributed by atoms with Gasteiger partial charge in [-0.25, -0.2) is 8.78 Å². The first kappa shape index (κ1) is 17.9. The van der Waals surface area contributed by atoms with E-state index in [0.717, 1.165) is 38.4 Å². The normalized spacial score (nSPS) is 18.5. The maximum absolute atomic E-state index is 13.6. The molecule has 0 spiro atoms. The number of nitrogens with one attached hydrogen (secondary N) is 1. The molecule has 0 aromatic heterocycles. The van der Waals surface area contributed by atoms with Crippen molar-refractivity contribution in [3.8, 4) is 0 Å². The average Bonchev–Trinajstić information content (AvgIpc) is 2.72. The fourth-order valence-electron chi connectivity index (χ4n) is 2.56. The van der Waals surface area contributed by atoms with Crippen LogP contribution in [-0.4, -0.2) is 37.0 Å². The summed E-state index contributed by atoms with van der Waals surface area (Å²) in [6.45, 7) is 1.85. The van der Waals surface area contributed by atoms with Crippen LogP contribution in [0.15, 0.2) is 18.2 Å². The first-order valence-electron chi connectivity index (χ1n) is 6.99. The number of nitrogens with zero attached hydrogens (tertiary/aromatic N) is 1. The van der Waals surface area contributed by atoms with Gasteiger partial charge in [0.05, 0.1) is 6.42 Å². The van der Waals surface area contributed by atoms with Gasteiger partial charge < -0.3 is 10.2 Å². The lowest BCUT2D eigenvalue weighted by molar-refractivity contribution is -0.131. The van der Waals surface area contributed by atoms with E-state index in [1.807, 2.05) is 0 Å². The van der Waals surface area contributed by atoms with Crippen molar-refractivity contribution in [2.75, 3.05) is 20.1 Å². The van der Waals surface area contributed by atoms with Crippen molar-refractivity contribution in [1.82, 2.24) is 10.2 Å².